The molecule has 0 amide bonds. The summed E-state index contributed by atoms with van der Waals surface area (Å²) in [7, 11) is 2.08. The van der Waals surface area contributed by atoms with Crippen molar-refractivity contribution in [3.05, 3.63) is 77.6 Å². The number of nitrogens with zero attached hydrogens (tertiary/aromatic N) is 3. The highest BCUT2D eigenvalue weighted by Gasteiger charge is 2.24. The number of carboxylic acids is 1. The SMILES string of the molecule is CN(c1ccc(N2CCCC2)cc1)c1ccc2c(c1)CO[C@H]2CNc1cnccc1C(=O)O. The molecule has 1 fully saturated rings. The minimum absolute atomic E-state index is 0.138. The van der Waals surface area contributed by atoms with Gasteiger partial charge in [-0.25, -0.2) is 4.79 Å². The molecule has 1 atom stereocenters. The van der Waals surface area contributed by atoms with Crippen LogP contribution in [0, 0.1) is 0 Å². The first-order valence-electron chi connectivity index (χ1n) is 11.3. The van der Waals surface area contributed by atoms with Crippen LogP contribution in [0.3, 0.4) is 0 Å². The second-order valence-electron chi connectivity index (χ2n) is 8.56. The van der Waals surface area contributed by atoms with Crippen LogP contribution in [-0.2, 0) is 11.3 Å². The van der Waals surface area contributed by atoms with Crippen molar-refractivity contribution in [1.29, 1.82) is 0 Å². The van der Waals surface area contributed by atoms with Crippen molar-refractivity contribution >= 4 is 28.7 Å². The fourth-order valence-electron chi connectivity index (χ4n) is 4.62. The molecule has 0 radical (unpaired) electrons. The normalized spacial score (nSPS) is 17.1. The van der Waals surface area contributed by atoms with Gasteiger partial charge in [-0.15, -0.1) is 0 Å². The van der Waals surface area contributed by atoms with Gasteiger partial charge in [-0.05, 0) is 66.4 Å². The topological polar surface area (TPSA) is 77.9 Å². The first kappa shape index (κ1) is 21.3. The molecule has 3 aromatic rings. The highest BCUT2D eigenvalue weighted by molar-refractivity contribution is 5.93. The third-order valence-electron chi connectivity index (χ3n) is 6.54. The Labute approximate surface area is 193 Å². The summed E-state index contributed by atoms with van der Waals surface area (Å²) in [6.07, 6.45) is 5.43. The van der Waals surface area contributed by atoms with Gasteiger partial charge in [-0.1, -0.05) is 6.07 Å². The van der Waals surface area contributed by atoms with Gasteiger partial charge in [0.25, 0.3) is 0 Å². The fourth-order valence-corrected chi connectivity index (χ4v) is 4.62. The highest BCUT2D eigenvalue weighted by Crippen LogP contribution is 2.35. The van der Waals surface area contributed by atoms with Crippen LogP contribution >= 0.6 is 0 Å². The molecule has 1 saturated heterocycles. The second kappa shape index (κ2) is 9.11. The Morgan fingerprint density at radius 1 is 1.15 bits per heavy atom. The number of benzene rings is 2. The quantitative estimate of drug-likeness (QED) is 0.540. The maximum atomic E-state index is 11.4. The number of fused-ring (bicyclic) bond motifs is 1. The van der Waals surface area contributed by atoms with Crippen molar-refractivity contribution in [2.24, 2.45) is 0 Å². The smallest absolute Gasteiger partial charge is 0.337 e. The molecule has 2 aliphatic heterocycles. The maximum absolute atomic E-state index is 11.4. The number of rotatable bonds is 7. The van der Waals surface area contributed by atoms with Crippen LogP contribution in [0.15, 0.2) is 60.9 Å². The molecule has 0 unspecified atom stereocenters. The van der Waals surface area contributed by atoms with E-state index in [0.717, 1.165) is 35.6 Å². The summed E-state index contributed by atoms with van der Waals surface area (Å²) < 4.78 is 6.00. The first-order valence-corrected chi connectivity index (χ1v) is 11.3. The summed E-state index contributed by atoms with van der Waals surface area (Å²) in [4.78, 5) is 20.1. The molecule has 2 N–H and O–H groups in total. The van der Waals surface area contributed by atoms with Crippen molar-refractivity contribution in [3.8, 4) is 0 Å². The van der Waals surface area contributed by atoms with E-state index in [0.29, 0.717) is 18.8 Å². The first-order chi connectivity index (χ1) is 16.1. The number of aromatic carboxylic acids is 1. The van der Waals surface area contributed by atoms with Crippen LogP contribution in [0.5, 0.6) is 0 Å². The fraction of sp³-hybridized carbons (Fsp3) is 0.308. The molecule has 7 nitrogen and oxygen atoms in total. The maximum Gasteiger partial charge on any atom is 0.337 e. The molecule has 2 aliphatic rings. The van der Waals surface area contributed by atoms with E-state index in [4.69, 9.17) is 4.74 Å². The number of aromatic nitrogens is 1. The van der Waals surface area contributed by atoms with Crippen molar-refractivity contribution in [3.63, 3.8) is 0 Å². The van der Waals surface area contributed by atoms with E-state index in [1.165, 1.54) is 37.0 Å². The molecule has 0 saturated carbocycles. The molecule has 7 heteroatoms. The van der Waals surface area contributed by atoms with E-state index in [9.17, 15) is 9.90 Å². The van der Waals surface area contributed by atoms with Crippen molar-refractivity contribution in [1.82, 2.24) is 4.98 Å². The van der Waals surface area contributed by atoms with Gasteiger partial charge < -0.3 is 25.0 Å². The summed E-state index contributed by atoms with van der Waals surface area (Å²) in [6.45, 7) is 3.31. The third kappa shape index (κ3) is 4.36. The van der Waals surface area contributed by atoms with Gasteiger partial charge in [0.05, 0.1) is 24.1 Å². The molecular weight excluding hydrogens is 416 g/mol. The Kier molecular flexibility index (Phi) is 5.88. The number of anilines is 4. The Hall–Kier alpha value is -3.58. The zero-order valence-electron chi connectivity index (χ0n) is 18.7. The molecular formula is C26H28N4O3. The Morgan fingerprint density at radius 3 is 2.67 bits per heavy atom. The van der Waals surface area contributed by atoms with E-state index in [1.54, 1.807) is 0 Å². The average Bonchev–Trinajstić information content (AvgIpc) is 3.52. The minimum atomic E-state index is -0.978. The Bertz CT molecular complexity index is 1140. The molecule has 1 aromatic heterocycles. The number of carboxylic acid groups (broad SMARTS) is 1. The third-order valence-corrected chi connectivity index (χ3v) is 6.54. The van der Waals surface area contributed by atoms with E-state index >= 15 is 0 Å². The van der Waals surface area contributed by atoms with Crippen molar-refractivity contribution < 1.29 is 14.6 Å². The average molecular weight is 445 g/mol. The molecule has 170 valence electrons. The van der Waals surface area contributed by atoms with Crippen molar-refractivity contribution in [2.45, 2.75) is 25.6 Å². The Morgan fingerprint density at radius 2 is 1.91 bits per heavy atom. The van der Waals surface area contributed by atoms with Crippen LogP contribution in [0.2, 0.25) is 0 Å². The lowest BCUT2D eigenvalue weighted by molar-refractivity contribution is 0.0695. The van der Waals surface area contributed by atoms with Crippen LogP contribution in [0.1, 0.15) is 40.4 Å². The monoisotopic (exact) mass is 444 g/mol. The lowest BCUT2D eigenvalue weighted by Gasteiger charge is -2.23. The molecule has 0 aliphatic carbocycles. The van der Waals surface area contributed by atoms with Gasteiger partial charge in [0, 0.05) is 49.9 Å². The standard InChI is InChI=1S/C26H28N4O3/c1-29(19-4-6-20(7-5-19)30-12-2-3-13-30)21-8-9-22-18(14-21)17-33-25(22)16-28-24-15-27-11-10-23(24)26(31)32/h4-11,14-15,25,28H,2-3,12-13,16-17H2,1H3,(H,31,32)/t25-/m0/s1. The molecule has 5 rings (SSSR count). The second-order valence-corrected chi connectivity index (χ2v) is 8.56. The van der Waals surface area contributed by atoms with E-state index in [1.807, 2.05) is 0 Å². The zero-order chi connectivity index (χ0) is 22.8. The van der Waals surface area contributed by atoms with Gasteiger partial charge in [0.2, 0.25) is 0 Å². The lowest BCUT2D eigenvalue weighted by atomic mass is 10.0. The van der Waals surface area contributed by atoms with Crippen LogP contribution in [-0.4, -0.2) is 42.7 Å². The lowest BCUT2D eigenvalue weighted by Crippen LogP contribution is -2.17. The number of hydrogen-bond donors (Lipinski definition) is 2. The van der Waals surface area contributed by atoms with Crippen LogP contribution in [0.4, 0.5) is 22.7 Å². The van der Waals surface area contributed by atoms with Gasteiger partial charge in [0.1, 0.15) is 6.10 Å². The molecule has 0 bridgehead atoms. The highest BCUT2D eigenvalue weighted by atomic mass is 16.5. The number of carbonyl (C=O) groups is 1. The van der Waals surface area contributed by atoms with Crippen molar-refractivity contribution in [2.75, 3.05) is 41.8 Å². The van der Waals surface area contributed by atoms with E-state index in [2.05, 4.69) is 69.6 Å². The number of nitrogens with one attached hydrogen (secondary N) is 1. The Balaban J connectivity index is 1.27. The van der Waals surface area contributed by atoms with Crippen LogP contribution in [0.25, 0.3) is 0 Å². The van der Waals surface area contributed by atoms with E-state index in [-0.39, 0.29) is 11.7 Å². The molecule has 33 heavy (non-hydrogen) atoms. The van der Waals surface area contributed by atoms with E-state index < -0.39 is 5.97 Å². The summed E-state index contributed by atoms with van der Waals surface area (Å²) in [6, 6.07) is 16.7. The molecule has 3 heterocycles. The predicted octanol–water partition coefficient (Wildman–Crippen LogP) is 4.83. The predicted molar refractivity (Wildman–Crippen MR) is 130 cm³/mol. The van der Waals surface area contributed by atoms with Gasteiger partial charge >= 0.3 is 5.97 Å². The van der Waals surface area contributed by atoms with Gasteiger partial charge in [0.15, 0.2) is 0 Å². The van der Waals surface area contributed by atoms with Gasteiger partial charge in [-0.2, -0.15) is 0 Å². The zero-order valence-corrected chi connectivity index (χ0v) is 18.7. The molecule has 2 aromatic carbocycles. The summed E-state index contributed by atoms with van der Waals surface area (Å²) in [5.41, 5.74) is 6.54. The number of hydrogen-bond acceptors (Lipinski definition) is 6. The van der Waals surface area contributed by atoms with Crippen LogP contribution < -0.4 is 15.1 Å². The minimum Gasteiger partial charge on any atom is -0.478 e. The van der Waals surface area contributed by atoms with Gasteiger partial charge in [-0.3, -0.25) is 4.98 Å². The summed E-state index contributed by atoms with van der Waals surface area (Å²) in [5, 5.41) is 12.5. The largest absolute Gasteiger partial charge is 0.478 e. The molecule has 0 spiro atoms. The number of ether oxygens (including phenoxy) is 1. The summed E-state index contributed by atoms with van der Waals surface area (Å²) in [5.74, 6) is -0.978. The summed E-state index contributed by atoms with van der Waals surface area (Å²) >= 11 is 0. The number of pyridine rings is 1.